The summed E-state index contributed by atoms with van der Waals surface area (Å²) in [5.41, 5.74) is 0.383. The average Bonchev–Trinajstić information content (AvgIpc) is 2.02. The van der Waals surface area contributed by atoms with Crippen LogP contribution in [0.15, 0.2) is 0 Å². The molecule has 80 valence electrons. The van der Waals surface area contributed by atoms with E-state index in [9.17, 15) is 0 Å². The van der Waals surface area contributed by atoms with Crippen LogP contribution in [0, 0.1) is 5.41 Å². The molecule has 0 aromatic rings. The van der Waals surface area contributed by atoms with Crippen molar-refractivity contribution in [2.45, 2.75) is 46.6 Å². The molecule has 1 nitrogen and oxygen atoms in total. The maximum absolute atomic E-state index is 3.40. The van der Waals surface area contributed by atoms with Crippen molar-refractivity contribution in [3.05, 3.63) is 0 Å². The van der Waals surface area contributed by atoms with Crippen LogP contribution in [0.4, 0.5) is 0 Å². The van der Waals surface area contributed by atoms with Gasteiger partial charge in [0.2, 0.25) is 0 Å². The highest BCUT2D eigenvalue weighted by Crippen LogP contribution is 2.22. The first-order valence-electron chi connectivity index (χ1n) is 5.27. The molecule has 0 radical (unpaired) electrons. The smallest absolute Gasteiger partial charge is 0.0203 e. The van der Waals surface area contributed by atoms with Gasteiger partial charge >= 0.3 is 0 Å². The van der Waals surface area contributed by atoms with Crippen LogP contribution in [0.1, 0.15) is 40.5 Å². The van der Waals surface area contributed by atoms with Crippen LogP contribution < -0.4 is 5.32 Å². The van der Waals surface area contributed by atoms with Crippen LogP contribution in [-0.2, 0) is 0 Å². The Balaban J connectivity index is 3.61. The largest absolute Gasteiger partial charge is 0.316 e. The lowest BCUT2D eigenvalue weighted by atomic mass is 9.88. The van der Waals surface area contributed by atoms with E-state index >= 15 is 0 Å². The Hall–Kier alpha value is 0.310. The molecule has 0 bridgehead atoms. The van der Waals surface area contributed by atoms with Crippen molar-refractivity contribution in [3.63, 3.8) is 0 Å². The third-order valence-corrected chi connectivity index (χ3v) is 3.47. The second-order valence-electron chi connectivity index (χ2n) is 4.64. The van der Waals surface area contributed by atoms with Gasteiger partial charge in [0.15, 0.2) is 0 Å². The zero-order valence-electron chi connectivity index (χ0n) is 9.81. The molecule has 0 aliphatic carbocycles. The zero-order valence-corrected chi connectivity index (χ0v) is 10.6. The highest BCUT2D eigenvalue weighted by molar-refractivity contribution is 7.99. The van der Waals surface area contributed by atoms with E-state index in [4.69, 9.17) is 0 Å². The highest BCUT2D eigenvalue weighted by Gasteiger charge is 2.22. The van der Waals surface area contributed by atoms with E-state index in [0.717, 1.165) is 0 Å². The van der Waals surface area contributed by atoms with Gasteiger partial charge in [-0.25, -0.2) is 0 Å². The molecule has 0 saturated heterocycles. The van der Waals surface area contributed by atoms with E-state index in [1.54, 1.807) is 0 Å². The van der Waals surface area contributed by atoms with Gasteiger partial charge in [0.05, 0.1) is 0 Å². The molecule has 0 spiro atoms. The summed E-state index contributed by atoms with van der Waals surface area (Å²) in [6, 6.07) is 0.634. The van der Waals surface area contributed by atoms with Crippen molar-refractivity contribution in [1.29, 1.82) is 0 Å². The van der Waals surface area contributed by atoms with Crippen molar-refractivity contribution in [3.8, 4) is 0 Å². The van der Waals surface area contributed by atoms with Gasteiger partial charge in [-0.1, -0.05) is 34.1 Å². The first-order valence-corrected chi connectivity index (χ1v) is 6.42. The summed E-state index contributed by atoms with van der Waals surface area (Å²) in [6.07, 6.45) is 2.66. The van der Waals surface area contributed by atoms with E-state index < -0.39 is 0 Å². The molecule has 2 heteroatoms. The molecule has 0 aromatic heterocycles. The number of hydrogen-bond donors (Lipinski definition) is 1. The molecule has 1 atom stereocenters. The fourth-order valence-electron chi connectivity index (χ4n) is 1.21. The van der Waals surface area contributed by atoms with Gasteiger partial charge in [0, 0.05) is 11.8 Å². The molecule has 0 fully saturated rings. The molecule has 0 aromatic carbocycles. The van der Waals surface area contributed by atoms with Gasteiger partial charge < -0.3 is 5.32 Å². The first kappa shape index (κ1) is 13.3. The Bertz CT molecular complexity index is 118. The quantitative estimate of drug-likeness (QED) is 0.666. The SMILES string of the molecule is CCCCSCC(NC)C(C)(C)C. The maximum atomic E-state index is 3.40. The molecule has 13 heavy (non-hydrogen) atoms. The Morgan fingerprint density at radius 1 is 1.31 bits per heavy atom. The Kier molecular flexibility index (Phi) is 6.88. The third kappa shape index (κ3) is 6.39. The van der Waals surface area contributed by atoms with E-state index in [2.05, 4.69) is 51.8 Å². The van der Waals surface area contributed by atoms with E-state index in [-0.39, 0.29) is 0 Å². The summed E-state index contributed by atoms with van der Waals surface area (Å²) in [7, 11) is 2.07. The molecule has 0 aliphatic rings. The fraction of sp³-hybridized carbons (Fsp3) is 1.00. The lowest BCUT2D eigenvalue weighted by molar-refractivity contribution is 0.305. The zero-order chi connectivity index (χ0) is 10.3. The standard InChI is InChI=1S/C11H25NS/c1-6-7-8-13-9-10(12-5)11(2,3)4/h10,12H,6-9H2,1-5H3. The number of thioether (sulfide) groups is 1. The second kappa shape index (κ2) is 6.72. The summed E-state index contributed by atoms with van der Waals surface area (Å²) in [4.78, 5) is 0. The minimum atomic E-state index is 0.383. The molecule has 0 saturated carbocycles. The highest BCUT2D eigenvalue weighted by atomic mass is 32.2. The lowest BCUT2D eigenvalue weighted by Gasteiger charge is -2.30. The third-order valence-electron chi connectivity index (χ3n) is 2.32. The number of rotatable bonds is 6. The van der Waals surface area contributed by atoms with Gasteiger partial charge in [-0.05, 0) is 24.6 Å². The molecular formula is C11H25NS. The van der Waals surface area contributed by atoms with Gasteiger partial charge in [-0.2, -0.15) is 11.8 Å². The van der Waals surface area contributed by atoms with Gasteiger partial charge in [-0.15, -0.1) is 0 Å². The molecule has 0 amide bonds. The normalized spacial score (nSPS) is 14.5. The number of unbranched alkanes of at least 4 members (excludes halogenated alkanes) is 1. The molecule has 1 N–H and O–H groups in total. The summed E-state index contributed by atoms with van der Waals surface area (Å²) in [5, 5.41) is 3.40. The minimum absolute atomic E-state index is 0.383. The molecule has 1 unspecified atom stereocenters. The first-order chi connectivity index (χ1) is 6.02. The maximum Gasteiger partial charge on any atom is 0.0203 e. The van der Waals surface area contributed by atoms with E-state index in [0.29, 0.717) is 11.5 Å². The van der Waals surface area contributed by atoms with Crippen LogP contribution in [0.5, 0.6) is 0 Å². The van der Waals surface area contributed by atoms with Gasteiger partial charge in [0.1, 0.15) is 0 Å². The summed E-state index contributed by atoms with van der Waals surface area (Å²) in [5.74, 6) is 2.55. The monoisotopic (exact) mass is 203 g/mol. The minimum Gasteiger partial charge on any atom is -0.316 e. The number of nitrogens with one attached hydrogen (secondary N) is 1. The van der Waals surface area contributed by atoms with Crippen LogP contribution in [-0.4, -0.2) is 24.6 Å². The van der Waals surface area contributed by atoms with Crippen molar-refractivity contribution in [1.82, 2.24) is 5.32 Å². The Morgan fingerprint density at radius 3 is 2.31 bits per heavy atom. The van der Waals surface area contributed by atoms with Gasteiger partial charge in [0.25, 0.3) is 0 Å². The average molecular weight is 203 g/mol. The summed E-state index contributed by atoms with van der Waals surface area (Å²) in [6.45, 7) is 9.15. The summed E-state index contributed by atoms with van der Waals surface area (Å²) < 4.78 is 0. The number of hydrogen-bond acceptors (Lipinski definition) is 2. The van der Waals surface area contributed by atoms with Crippen LogP contribution in [0.25, 0.3) is 0 Å². The van der Waals surface area contributed by atoms with Gasteiger partial charge in [-0.3, -0.25) is 0 Å². The van der Waals surface area contributed by atoms with Crippen LogP contribution >= 0.6 is 11.8 Å². The van der Waals surface area contributed by atoms with E-state index in [1.807, 2.05) is 0 Å². The van der Waals surface area contributed by atoms with Crippen molar-refractivity contribution < 1.29 is 0 Å². The van der Waals surface area contributed by atoms with Crippen LogP contribution in [0.3, 0.4) is 0 Å². The Morgan fingerprint density at radius 2 is 1.92 bits per heavy atom. The summed E-state index contributed by atoms with van der Waals surface area (Å²) >= 11 is 2.07. The fourth-order valence-corrected chi connectivity index (χ4v) is 2.78. The molecule has 0 aliphatic heterocycles. The van der Waals surface area contributed by atoms with Crippen LogP contribution in [0.2, 0.25) is 0 Å². The lowest BCUT2D eigenvalue weighted by Crippen LogP contribution is -2.40. The molecular weight excluding hydrogens is 178 g/mol. The molecule has 0 rings (SSSR count). The predicted molar refractivity (Wildman–Crippen MR) is 64.5 cm³/mol. The van der Waals surface area contributed by atoms with Crippen molar-refractivity contribution in [2.75, 3.05) is 18.6 Å². The second-order valence-corrected chi connectivity index (χ2v) is 5.79. The van der Waals surface area contributed by atoms with E-state index in [1.165, 1.54) is 24.3 Å². The van der Waals surface area contributed by atoms with Crippen molar-refractivity contribution >= 4 is 11.8 Å². The van der Waals surface area contributed by atoms with Crippen molar-refractivity contribution in [2.24, 2.45) is 5.41 Å². The Labute approximate surface area is 88.1 Å². The predicted octanol–water partition coefficient (Wildman–Crippen LogP) is 3.15. The molecule has 0 heterocycles. The topological polar surface area (TPSA) is 12.0 Å².